The standard InChI is InChI=1S/C21H26N2O4S/c1-14-18(28-15(2)22-14)19(25)23-12-10-17(24)21(13-23,20(26)27)11-6-9-16-7-4-3-5-8-16/h3-5,7-8,17,24H,6,9-13H2,1-2H3,(H,26,27)/t17-,21-/m1/s1. The van der Waals surface area contributed by atoms with Crippen molar-refractivity contribution >= 4 is 23.2 Å². The van der Waals surface area contributed by atoms with Crippen molar-refractivity contribution in [3.63, 3.8) is 0 Å². The lowest BCUT2D eigenvalue weighted by atomic mass is 9.73. The number of carbonyl (C=O) groups excluding carboxylic acids is 1. The number of aliphatic hydroxyl groups is 1. The molecule has 1 fully saturated rings. The Morgan fingerprint density at radius 1 is 1.29 bits per heavy atom. The van der Waals surface area contributed by atoms with E-state index in [0.29, 0.717) is 30.0 Å². The Kier molecular flexibility index (Phi) is 6.15. The number of carbonyl (C=O) groups is 2. The van der Waals surface area contributed by atoms with Crippen LogP contribution in [0, 0.1) is 19.3 Å². The summed E-state index contributed by atoms with van der Waals surface area (Å²) in [6.45, 7) is 4.01. The van der Waals surface area contributed by atoms with Crippen molar-refractivity contribution in [2.45, 2.75) is 45.6 Å². The van der Waals surface area contributed by atoms with Crippen LogP contribution in [0.3, 0.4) is 0 Å². The van der Waals surface area contributed by atoms with Crippen LogP contribution in [0.2, 0.25) is 0 Å². The number of hydrogen-bond donors (Lipinski definition) is 2. The van der Waals surface area contributed by atoms with E-state index in [1.807, 2.05) is 37.3 Å². The Bertz CT molecular complexity index is 851. The first kappa shape index (κ1) is 20.5. The maximum absolute atomic E-state index is 13.0. The van der Waals surface area contributed by atoms with Crippen molar-refractivity contribution in [2.75, 3.05) is 13.1 Å². The maximum Gasteiger partial charge on any atom is 0.314 e. The van der Waals surface area contributed by atoms with Gasteiger partial charge in [-0.3, -0.25) is 9.59 Å². The van der Waals surface area contributed by atoms with Gasteiger partial charge in [0.1, 0.15) is 10.3 Å². The molecule has 0 unspecified atom stereocenters. The molecule has 0 radical (unpaired) electrons. The van der Waals surface area contributed by atoms with Gasteiger partial charge in [-0.1, -0.05) is 30.3 Å². The van der Waals surface area contributed by atoms with Crippen LogP contribution < -0.4 is 0 Å². The van der Waals surface area contributed by atoms with Gasteiger partial charge < -0.3 is 15.1 Å². The molecule has 2 heterocycles. The van der Waals surface area contributed by atoms with Gasteiger partial charge in [0.05, 0.1) is 16.8 Å². The van der Waals surface area contributed by atoms with Gasteiger partial charge in [-0.15, -0.1) is 11.3 Å². The van der Waals surface area contributed by atoms with Crippen LogP contribution in [0.4, 0.5) is 0 Å². The highest BCUT2D eigenvalue weighted by Crippen LogP contribution is 2.37. The molecule has 2 aromatic rings. The summed E-state index contributed by atoms with van der Waals surface area (Å²) < 4.78 is 0. The average Bonchev–Trinajstić information content (AvgIpc) is 3.01. The van der Waals surface area contributed by atoms with Crippen molar-refractivity contribution in [1.29, 1.82) is 0 Å². The molecule has 1 aromatic carbocycles. The highest BCUT2D eigenvalue weighted by molar-refractivity contribution is 7.13. The van der Waals surface area contributed by atoms with E-state index in [1.165, 1.54) is 11.3 Å². The molecular formula is C21H26N2O4S. The molecule has 6 nitrogen and oxygen atoms in total. The summed E-state index contributed by atoms with van der Waals surface area (Å²) in [5.41, 5.74) is 0.469. The van der Waals surface area contributed by atoms with E-state index in [9.17, 15) is 19.8 Å². The summed E-state index contributed by atoms with van der Waals surface area (Å²) in [6.07, 6.45) is 0.995. The van der Waals surface area contributed by atoms with Crippen LogP contribution >= 0.6 is 11.3 Å². The highest BCUT2D eigenvalue weighted by atomic mass is 32.1. The number of amides is 1. The molecule has 1 aromatic heterocycles. The molecule has 2 atom stereocenters. The SMILES string of the molecule is Cc1nc(C)c(C(=O)N2CC[C@@H](O)[C@](CCCc3ccccc3)(C(=O)O)C2)s1. The zero-order valence-corrected chi connectivity index (χ0v) is 17.0. The fraction of sp³-hybridized carbons (Fsp3) is 0.476. The summed E-state index contributed by atoms with van der Waals surface area (Å²) in [7, 11) is 0. The van der Waals surface area contributed by atoms with Crippen molar-refractivity contribution in [3.8, 4) is 0 Å². The average molecular weight is 403 g/mol. The number of carboxylic acids is 1. The van der Waals surface area contributed by atoms with Gasteiger partial charge in [0.15, 0.2) is 0 Å². The van der Waals surface area contributed by atoms with Gasteiger partial charge in [0.2, 0.25) is 0 Å². The van der Waals surface area contributed by atoms with Gasteiger partial charge in [0.25, 0.3) is 5.91 Å². The largest absolute Gasteiger partial charge is 0.481 e. The number of aromatic nitrogens is 1. The Morgan fingerprint density at radius 2 is 2.00 bits per heavy atom. The van der Waals surface area contributed by atoms with Crippen molar-refractivity contribution in [2.24, 2.45) is 5.41 Å². The third kappa shape index (κ3) is 4.10. The zero-order chi connectivity index (χ0) is 20.3. The minimum absolute atomic E-state index is 0.0213. The number of hydrogen-bond acceptors (Lipinski definition) is 5. The fourth-order valence-corrected chi connectivity index (χ4v) is 4.83. The van der Waals surface area contributed by atoms with Crippen LogP contribution in [-0.4, -0.2) is 51.2 Å². The number of aliphatic carboxylic acids is 1. The van der Waals surface area contributed by atoms with Crippen molar-refractivity contribution in [3.05, 3.63) is 51.5 Å². The lowest BCUT2D eigenvalue weighted by Crippen LogP contribution is -2.57. The van der Waals surface area contributed by atoms with E-state index in [4.69, 9.17) is 0 Å². The molecule has 1 amide bonds. The lowest BCUT2D eigenvalue weighted by Gasteiger charge is -2.43. The minimum atomic E-state index is -1.34. The highest BCUT2D eigenvalue weighted by Gasteiger charge is 2.50. The maximum atomic E-state index is 13.0. The Hall–Kier alpha value is -2.25. The van der Waals surface area contributed by atoms with E-state index in [-0.39, 0.29) is 18.9 Å². The molecule has 1 aliphatic rings. The molecule has 0 spiro atoms. The summed E-state index contributed by atoms with van der Waals surface area (Å²) in [5.74, 6) is -1.23. The second-order valence-corrected chi connectivity index (χ2v) is 8.68. The predicted molar refractivity (Wildman–Crippen MR) is 108 cm³/mol. The van der Waals surface area contributed by atoms with E-state index in [0.717, 1.165) is 17.0 Å². The van der Waals surface area contributed by atoms with Crippen molar-refractivity contribution < 1.29 is 19.8 Å². The van der Waals surface area contributed by atoms with E-state index >= 15 is 0 Å². The molecular weight excluding hydrogens is 376 g/mol. The normalized spacial score (nSPS) is 22.2. The number of likely N-dealkylation sites (tertiary alicyclic amines) is 1. The van der Waals surface area contributed by atoms with Gasteiger partial charge in [-0.05, 0) is 45.1 Å². The lowest BCUT2D eigenvalue weighted by molar-refractivity contribution is -0.162. The third-order valence-electron chi connectivity index (χ3n) is 5.53. The topological polar surface area (TPSA) is 90.7 Å². The van der Waals surface area contributed by atoms with Crippen LogP contribution in [0.1, 0.15) is 45.2 Å². The quantitative estimate of drug-likeness (QED) is 0.775. The summed E-state index contributed by atoms with van der Waals surface area (Å²) in [5, 5.41) is 21.4. The second-order valence-electron chi connectivity index (χ2n) is 7.48. The first-order chi connectivity index (χ1) is 13.3. The number of rotatable bonds is 6. The molecule has 150 valence electrons. The molecule has 0 saturated carbocycles. The molecule has 1 aliphatic heterocycles. The molecule has 7 heteroatoms. The molecule has 1 saturated heterocycles. The van der Waals surface area contributed by atoms with Gasteiger partial charge in [0, 0.05) is 13.1 Å². The molecule has 2 N–H and O–H groups in total. The van der Waals surface area contributed by atoms with Crippen LogP contribution in [0.25, 0.3) is 0 Å². The number of nitrogens with zero attached hydrogens (tertiary/aromatic N) is 2. The number of benzene rings is 1. The number of carboxylic acid groups (broad SMARTS) is 1. The Morgan fingerprint density at radius 3 is 2.61 bits per heavy atom. The van der Waals surface area contributed by atoms with Crippen LogP contribution in [-0.2, 0) is 11.2 Å². The Labute approximate surface area is 168 Å². The first-order valence-corrected chi connectivity index (χ1v) is 10.3. The summed E-state index contributed by atoms with van der Waals surface area (Å²) >= 11 is 1.33. The van der Waals surface area contributed by atoms with Gasteiger partial charge in [-0.25, -0.2) is 4.98 Å². The van der Waals surface area contributed by atoms with Crippen LogP contribution in [0.15, 0.2) is 30.3 Å². The second kappa shape index (κ2) is 8.41. The number of aryl methyl sites for hydroxylation is 3. The van der Waals surface area contributed by atoms with E-state index in [2.05, 4.69) is 4.98 Å². The van der Waals surface area contributed by atoms with Gasteiger partial charge >= 0.3 is 5.97 Å². The molecule has 3 rings (SSSR count). The number of piperidine rings is 1. The number of thiazole rings is 1. The minimum Gasteiger partial charge on any atom is -0.481 e. The Balaban J connectivity index is 1.76. The van der Waals surface area contributed by atoms with Crippen molar-refractivity contribution in [1.82, 2.24) is 9.88 Å². The molecule has 28 heavy (non-hydrogen) atoms. The molecule has 0 bridgehead atoms. The summed E-state index contributed by atoms with van der Waals surface area (Å²) in [4.78, 5) is 31.6. The predicted octanol–water partition coefficient (Wildman–Crippen LogP) is 3.06. The fourth-order valence-electron chi connectivity index (χ4n) is 3.94. The first-order valence-electron chi connectivity index (χ1n) is 9.52. The van der Waals surface area contributed by atoms with E-state index in [1.54, 1.807) is 11.8 Å². The number of aliphatic hydroxyl groups excluding tert-OH is 1. The van der Waals surface area contributed by atoms with Gasteiger partial charge in [-0.2, -0.15) is 0 Å². The molecule has 0 aliphatic carbocycles. The summed E-state index contributed by atoms with van der Waals surface area (Å²) in [6, 6.07) is 9.87. The zero-order valence-electron chi connectivity index (χ0n) is 16.2. The van der Waals surface area contributed by atoms with Crippen LogP contribution in [0.5, 0.6) is 0 Å². The smallest absolute Gasteiger partial charge is 0.314 e. The monoisotopic (exact) mass is 402 g/mol. The third-order valence-corrected chi connectivity index (χ3v) is 6.59. The van der Waals surface area contributed by atoms with E-state index < -0.39 is 17.5 Å².